The van der Waals surface area contributed by atoms with Gasteiger partial charge < -0.3 is 4.57 Å². The third-order valence-electron chi connectivity index (χ3n) is 4.87. The third-order valence-corrected chi connectivity index (χ3v) is 6.14. The number of rotatable bonds is 4. The summed E-state index contributed by atoms with van der Waals surface area (Å²) in [4.78, 5) is 4.56. The van der Waals surface area contributed by atoms with Crippen LogP contribution in [0.15, 0.2) is 12.4 Å². The second-order valence-corrected chi connectivity index (χ2v) is 8.53. The van der Waals surface area contributed by atoms with Gasteiger partial charge in [-0.25, -0.2) is 17.7 Å². The summed E-state index contributed by atoms with van der Waals surface area (Å²) in [6.07, 6.45) is 12.5. The van der Waals surface area contributed by atoms with Crippen LogP contribution in [0.5, 0.6) is 0 Å². The Kier molecular flexibility index (Phi) is 4.36. The summed E-state index contributed by atoms with van der Waals surface area (Å²) in [6, 6.07) is 0. The smallest absolute Gasteiger partial charge is 0.211 e. The standard InChI is InChI=1S/C15H25N3O2S/c1-21(19,20)18-9-4-5-13(12-18)11-17-10-8-16-15(17)14-6-2-3-7-14/h8,10,13-14H,2-7,9,11-12H2,1H3/t13-/m1/s1. The lowest BCUT2D eigenvalue weighted by molar-refractivity contribution is 0.244. The van der Waals surface area contributed by atoms with E-state index in [0.717, 1.165) is 19.4 Å². The van der Waals surface area contributed by atoms with Crippen molar-refractivity contribution in [2.45, 2.75) is 51.0 Å². The molecule has 21 heavy (non-hydrogen) atoms. The van der Waals surface area contributed by atoms with Crippen LogP contribution in [-0.4, -0.2) is 41.6 Å². The zero-order valence-corrected chi connectivity index (χ0v) is 13.6. The maximum atomic E-state index is 11.7. The molecule has 0 radical (unpaired) electrons. The van der Waals surface area contributed by atoms with Crippen molar-refractivity contribution in [2.75, 3.05) is 19.3 Å². The largest absolute Gasteiger partial charge is 0.334 e. The predicted molar refractivity (Wildman–Crippen MR) is 82.6 cm³/mol. The lowest BCUT2D eigenvalue weighted by Gasteiger charge is -2.31. The molecule has 0 unspecified atom stereocenters. The van der Waals surface area contributed by atoms with Crippen LogP contribution in [0.3, 0.4) is 0 Å². The van der Waals surface area contributed by atoms with Crippen LogP contribution in [-0.2, 0) is 16.6 Å². The van der Waals surface area contributed by atoms with Gasteiger partial charge in [0.2, 0.25) is 10.0 Å². The van der Waals surface area contributed by atoms with Gasteiger partial charge in [0.25, 0.3) is 0 Å². The molecule has 1 atom stereocenters. The summed E-state index contributed by atoms with van der Waals surface area (Å²) in [7, 11) is -3.06. The third kappa shape index (κ3) is 3.48. The van der Waals surface area contributed by atoms with Crippen molar-refractivity contribution in [2.24, 2.45) is 5.92 Å². The van der Waals surface area contributed by atoms with Crippen molar-refractivity contribution < 1.29 is 8.42 Å². The van der Waals surface area contributed by atoms with Gasteiger partial charge in [-0.3, -0.25) is 0 Å². The summed E-state index contributed by atoms with van der Waals surface area (Å²) >= 11 is 0. The molecule has 1 saturated carbocycles. The molecule has 1 aliphatic heterocycles. The highest BCUT2D eigenvalue weighted by atomic mass is 32.2. The molecule has 5 nitrogen and oxygen atoms in total. The van der Waals surface area contributed by atoms with Crippen LogP contribution >= 0.6 is 0 Å². The number of sulfonamides is 1. The molecule has 2 fully saturated rings. The molecule has 6 heteroatoms. The van der Waals surface area contributed by atoms with E-state index in [2.05, 4.69) is 15.7 Å². The molecule has 0 aromatic carbocycles. The summed E-state index contributed by atoms with van der Waals surface area (Å²) in [6.45, 7) is 2.23. The maximum absolute atomic E-state index is 11.7. The van der Waals surface area contributed by atoms with E-state index >= 15 is 0 Å². The molecule has 2 aliphatic rings. The van der Waals surface area contributed by atoms with Crippen molar-refractivity contribution >= 4 is 10.0 Å². The number of aromatic nitrogens is 2. The van der Waals surface area contributed by atoms with E-state index in [1.807, 2.05) is 6.20 Å². The molecule has 0 amide bonds. The van der Waals surface area contributed by atoms with Gasteiger partial charge in [-0.15, -0.1) is 0 Å². The molecule has 1 aromatic rings. The van der Waals surface area contributed by atoms with Gasteiger partial charge in [-0.2, -0.15) is 0 Å². The van der Waals surface area contributed by atoms with E-state index in [0.29, 0.717) is 24.9 Å². The fraction of sp³-hybridized carbons (Fsp3) is 0.800. The van der Waals surface area contributed by atoms with Gasteiger partial charge in [0.05, 0.1) is 6.26 Å². The highest BCUT2D eigenvalue weighted by molar-refractivity contribution is 7.88. The highest BCUT2D eigenvalue weighted by Gasteiger charge is 2.27. The van der Waals surface area contributed by atoms with E-state index in [-0.39, 0.29) is 0 Å². The van der Waals surface area contributed by atoms with Gasteiger partial charge in [0.15, 0.2) is 0 Å². The van der Waals surface area contributed by atoms with Crippen LogP contribution in [0.2, 0.25) is 0 Å². The highest BCUT2D eigenvalue weighted by Crippen LogP contribution is 2.33. The normalized spacial score (nSPS) is 25.5. The van der Waals surface area contributed by atoms with Crippen molar-refractivity contribution in [3.63, 3.8) is 0 Å². The lowest BCUT2D eigenvalue weighted by Crippen LogP contribution is -2.40. The summed E-state index contributed by atoms with van der Waals surface area (Å²) < 4.78 is 27.3. The van der Waals surface area contributed by atoms with E-state index in [4.69, 9.17) is 0 Å². The Hall–Kier alpha value is -0.880. The summed E-state index contributed by atoms with van der Waals surface area (Å²) in [5.41, 5.74) is 0. The van der Waals surface area contributed by atoms with Gasteiger partial charge in [-0.05, 0) is 31.6 Å². The zero-order chi connectivity index (χ0) is 14.9. The van der Waals surface area contributed by atoms with Crippen molar-refractivity contribution in [1.82, 2.24) is 13.9 Å². The molecule has 1 aromatic heterocycles. The molecule has 3 rings (SSSR count). The Labute approximate surface area is 127 Å². The Morgan fingerprint density at radius 3 is 2.71 bits per heavy atom. The first-order valence-corrected chi connectivity index (χ1v) is 9.85. The van der Waals surface area contributed by atoms with Crippen molar-refractivity contribution in [3.8, 4) is 0 Å². The van der Waals surface area contributed by atoms with Crippen molar-refractivity contribution in [1.29, 1.82) is 0 Å². The monoisotopic (exact) mass is 311 g/mol. The Balaban J connectivity index is 1.68. The molecule has 2 heterocycles. The Morgan fingerprint density at radius 1 is 1.24 bits per heavy atom. The van der Waals surface area contributed by atoms with E-state index in [1.54, 1.807) is 4.31 Å². The molecular formula is C15H25N3O2S. The quantitative estimate of drug-likeness (QED) is 0.856. The minimum Gasteiger partial charge on any atom is -0.334 e. The topological polar surface area (TPSA) is 55.2 Å². The molecule has 118 valence electrons. The first-order valence-electron chi connectivity index (χ1n) is 8.00. The summed E-state index contributed by atoms with van der Waals surface area (Å²) in [5, 5.41) is 0. The van der Waals surface area contributed by atoms with Gasteiger partial charge >= 0.3 is 0 Å². The average Bonchev–Trinajstić information content (AvgIpc) is 3.08. The fourth-order valence-electron chi connectivity index (χ4n) is 3.77. The van der Waals surface area contributed by atoms with E-state index in [9.17, 15) is 8.42 Å². The number of hydrogen-bond acceptors (Lipinski definition) is 3. The Bertz CT molecular complexity index is 575. The molecule has 1 saturated heterocycles. The van der Waals surface area contributed by atoms with Gasteiger partial charge in [-0.1, -0.05) is 12.8 Å². The van der Waals surface area contributed by atoms with Crippen LogP contribution in [0, 0.1) is 5.92 Å². The van der Waals surface area contributed by atoms with Crippen LogP contribution in [0.1, 0.15) is 50.3 Å². The molecule has 1 aliphatic carbocycles. The zero-order valence-electron chi connectivity index (χ0n) is 12.7. The predicted octanol–water partition coefficient (Wildman–Crippen LogP) is 2.21. The molecule has 0 N–H and O–H groups in total. The van der Waals surface area contributed by atoms with Crippen molar-refractivity contribution in [3.05, 3.63) is 18.2 Å². The van der Waals surface area contributed by atoms with E-state index in [1.165, 1.54) is 37.8 Å². The SMILES string of the molecule is CS(=O)(=O)N1CCC[C@H](Cn2ccnc2C2CCCC2)C1. The number of imidazole rings is 1. The first-order chi connectivity index (χ1) is 10.0. The van der Waals surface area contributed by atoms with Gasteiger partial charge in [0, 0.05) is 37.9 Å². The minimum absolute atomic E-state index is 0.405. The minimum atomic E-state index is -3.06. The number of hydrogen-bond donors (Lipinski definition) is 0. The second kappa shape index (κ2) is 6.08. The number of nitrogens with zero attached hydrogens (tertiary/aromatic N) is 3. The molecule has 0 bridgehead atoms. The van der Waals surface area contributed by atoms with Gasteiger partial charge in [0.1, 0.15) is 5.82 Å². The average molecular weight is 311 g/mol. The number of piperidine rings is 1. The molecular weight excluding hydrogens is 286 g/mol. The fourth-order valence-corrected chi connectivity index (χ4v) is 4.72. The van der Waals surface area contributed by atoms with E-state index < -0.39 is 10.0 Å². The summed E-state index contributed by atoms with van der Waals surface area (Å²) in [5.74, 6) is 2.22. The van der Waals surface area contributed by atoms with Crippen LogP contribution in [0.25, 0.3) is 0 Å². The lowest BCUT2D eigenvalue weighted by atomic mass is 9.99. The second-order valence-electron chi connectivity index (χ2n) is 6.55. The Morgan fingerprint density at radius 2 is 2.00 bits per heavy atom. The van der Waals surface area contributed by atoms with Crippen LogP contribution < -0.4 is 0 Å². The molecule has 0 spiro atoms. The first kappa shape index (κ1) is 15.0. The maximum Gasteiger partial charge on any atom is 0.211 e. The van der Waals surface area contributed by atoms with Crippen LogP contribution in [0.4, 0.5) is 0 Å².